The SMILES string of the molecule is C=c1cccc/c1=C/c1cccc(-c2cccc(=C)/c2=C\C2=CCCC=C2C)c1C. The molecule has 30 heavy (non-hydrogen) atoms. The molecule has 4 rings (SSSR count). The molecule has 0 aliphatic heterocycles. The van der Waals surface area contributed by atoms with Crippen LogP contribution in [0, 0.1) is 6.92 Å². The monoisotopic (exact) mass is 388 g/mol. The van der Waals surface area contributed by atoms with Crippen molar-refractivity contribution < 1.29 is 0 Å². The van der Waals surface area contributed by atoms with Crippen LogP contribution in [-0.2, 0) is 0 Å². The van der Waals surface area contributed by atoms with Crippen LogP contribution in [0.15, 0.2) is 84.0 Å². The van der Waals surface area contributed by atoms with Gasteiger partial charge in [-0.1, -0.05) is 86.0 Å². The highest BCUT2D eigenvalue weighted by Crippen LogP contribution is 2.24. The van der Waals surface area contributed by atoms with Crippen molar-refractivity contribution in [1.82, 2.24) is 0 Å². The zero-order valence-corrected chi connectivity index (χ0v) is 17.9. The van der Waals surface area contributed by atoms with E-state index in [1.165, 1.54) is 38.6 Å². The van der Waals surface area contributed by atoms with Crippen molar-refractivity contribution in [3.63, 3.8) is 0 Å². The molecule has 0 spiro atoms. The van der Waals surface area contributed by atoms with Crippen molar-refractivity contribution in [2.24, 2.45) is 0 Å². The molecule has 0 aromatic heterocycles. The Labute approximate surface area is 179 Å². The lowest BCUT2D eigenvalue weighted by Gasteiger charge is -2.13. The Bertz CT molecular complexity index is 1380. The summed E-state index contributed by atoms with van der Waals surface area (Å²) in [6.07, 6.45) is 11.4. The van der Waals surface area contributed by atoms with Gasteiger partial charge in [0.05, 0.1) is 0 Å². The molecule has 0 nitrogen and oxygen atoms in total. The molecule has 0 heterocycles. The van der Waals surface area contributed by atoms with Gasteiger partial charge in [0.25, 0.3) is 0 Å². The molecule has 0 amide bonds. The summed E-state index contributed by atoms with van der Waals surface area (Å²) in [5.41, 5.74) is 7.63. The fourth-order valence-corrected chi connectivity index (χ4v) is 4.11. The summed E-state index contributed by atoms with van der Waals surface area (Å²) >= 11 is 0. The summed E-state index contributed by atoms with van der Waals surface area (Å²) in [6, 6.07) is 21.2. The van der Waals surface area contributed by atoms with E-state index in [1.54, 1.807) is 0 Å². The molecule has 0 unspecified atom stereocenters. The molecule has 3 aromatic carbocycles. The predicted molar refractivity (Wildman–Crippen MR) is 132 cm³/mol. The zero-order valence-electron chi connectivity index (χ0n) is 17.9. The molecule has 0 N–H and O–H groups in total. The fraction of sp³-hybridized carbons (Fsp3) is 0.133. The maximum absolute atomic E-state index is 4.33. The van der Waals surface area contributed by atoms with Gasteiger partial charge in [0.1, 0.15) is 0 Å². The average Bonchev–Trinajstić information content (AvgIpc) is 2.74. The van der Waals surface area contributed by atoms with Crippen molar-refractivity contribution in [2.45, 2.75) is 26.7 Å². The van der Waals surface area contributed by atoms with E-state index in [0.29, 0.717) is 0 Å². The Morgan fingerprint density at radius 2 is 1.40 bits per heavy atom. The van der Waals surface area contributed by atoms with Crippen LogP contribution in [0.3, 0.4) is 0 Å². The van der Waals surface area contributed by atoms with Gasteiger partial charge in [0, 0.05) is 0 Å². The summed E-state index contributed by atoms with van der Waals surface area (Å²) in [7, 11) is 0. The van der Waals surface area contributed by atoms with Crippen LogP contribution in [-0.4, -0.2) is 0 Å². The maximum Gasteiger partial charge on any atom is -0.0103 e. The second-order valence-electron chi connectivity index (χ2n) is 8.01. The van der Waals surface area contributed by atoms with Crippen LogP contribution in [0.1, 0.15) is 30.9 Å². The first-order chi connectivity index (χ1) is 14.5. The minimum atomic E-state index is 1.04. The smallest absolute Gasteiger partial charge is 0.0103 e. The van der Waals surface area contributed by atoms with E-state index in [4.69, 9.17) is 0 Å². The highest BCUT2D eigenvalue weighted by atomic mass is 14.1. The van der Waals surface area contributed by atoms with Crippen LogP contribution in [0.5, 0.6) is 0 Å². The molecule has 0 heteroatoms. The van der Waals surface area contributed by atoms with Crippen molar-refractivity contribution in [3.8, 4) is 11.1 Å². The van der Waals surface area contributed by atoms with Gasteiger partial charge in [-0.2, -0.15) is 0 Å². The molecule has 1 aliphatic carbocycles. The number of benzene rings is 3. The molecule has 0 atom stereocenters. The van der Waals surface area contributed by atoms with E-state index in [9.17, 15) is 0 Å². The summed E-state index contributed by atoms with van der Waals surface area (Å²) in [5.74, 6) is 0. The molecule has 3 aromatic rings. The first-order valence-corrected chi connectivity index (χ1v) is 10.6. The van der Waals surface area contributed by atoms with E-state index >= 15 is 0 Å². The Morgan fingerprint density at radius 1 is 0.700 bits per heavy atom. The molecular weight excluding hydrogens is 360 g/mol. The van der Waals surface area contributed by atoms with Crippen LogP contribution < -0.4 is 20.9 Å². The number of rotatable bonds is 3. The van der Waals surface area contributed by atoms with Gasteiger partial charge in [-0.15, -0.1) is 0 Å². The number of hydrogen-bond acceptors (Lipinski definition) is 0. The van der Waals surface area contributed by atoms with Gasteiger partial charge in [0.15, 0.2) is 0 Å². The lowest BCUT2D eigenvalue weighted by Crippen LogP contribution is -2.26. The molecule has 0 saturated heterocycles. The second-order valence-corrected chi connectivity index (χ2v) is 8.01. The minimum Gasteiger partial charge on any atom is -0.0912 e. The Hall–Kier alpha value is -3.38. The molecular formula is C30H28. The van der Waals surface area contributed by atoms with Crippen LogP contribution >= 0.6 is 0 Å². The summed E-state index contributed by atoms with van der Waals surface area (Å²) in [4.78, 5) is 0. The van der Waals surface area contributed by atoms with E-state index in [0.717, 1.165) is 28.5 Å². The Balaban J connectivity index is 1.93. The molecule has 0 bridgehead atoms. The zero-order chi connectivity index (χ0) is 21.1. The van der Waals surface area contributed by atoms with Crippen molar-refractivity contribution >= 4 is 25.3 Å². The number of hydrogen-bond donors (Lipinski definition) is 0. The van der Waals surface area contributed by atoms with E-state index < -0.39 is 0 Å². The first kappa shape index (κ1) is 19.9. The summed E-state index contributed by atoms with van der Waals surface area (Å²) < 4.78 is 0. The van der Waals surface area contributed by atoms with Crippen LogP contribution in [0.2, 0.25) is 0 Å². The fourth-order valence-electron chi connectivity index (χ4n) is 4.11. The standard InChI is InChI=1S/C30H28/c1-21-11-5-7-14-25(21)19-27-16-10-17-28(24(27)4)29-18-9-13-23(3)30(29)20-26-15-8-6-12-22(26)2/h5,7,9-20H,1,3,6,8H2,2,4H3/b25-19-,30-20+. The quantitative estimate of drug-likeness (QED) is 0.607. The normalized spacial score (nSPS) is 15.1. The van der Waals surface area contributed by atoms with Gasteiger partial charge < -0.3 is 0 Å². The number of allylic oxidation sites excluding steroid dienone is 4. The molecule has 1 aliphatic rings. The van der Waals surface area contributed by atoms with Crippen molar-refractivity contribution in [3.05, 3.63) is 116 Å². The lowest BCUT2D eigenvalue weighted by atomic mass is 9.92. The Kier molecular flexibility index (Phi) is 5.68. The van der Waals surface area contributed by atoms with E-state index in [1.807, 2.05) is 6.07 Å². The van der Waals surface area contributed by atoms with Crippen molar-refractivity contribution in [1.29, 1.82) is 0 Å². The minimum absolute atomic E-state index is 1.04. The topological polar surface area (TPSA) is 0 Å². The average molecular weight is 389 g/mol. The third kappa shape index (κ3) is 4.00. The summed E-state index contributed by atoms with van der Waals surface area (Å²) in [5, 5.41) is 4.46. The van der Waals surface area contributed by atoms with Gasteiger partial charge in [-0.3, -0.25) is 0 Å². The lowest BCUT2D eigenvalue weighted by molar-refractivity contribution is 1.01. The van der Waals surface area contributed by atoms with Gasteiger partial charge in [-0.05, 0) is 93.1 Å². The third-order valence-corrected chi connectivity index (χ3v) is 5.97. The van der Waals surface area contributed by atoms with Gasteiger partial charge in [0.2, 0.25) is 0 Å². The molecule has 0 radical (unpaired) electrons. The summed E-state index contributed by atoms with van der Waals surface area (Å²) in [6.45, 7) is 12.9. The van der Waals surface area contributed by atoms with Crippen molar-refractivity contribution in [2.75, 3.05) is 0 Å². The van der Waals surface area contributed by atoms with Crippen LogP contribution in [0.4, 0.5) is 0 Å². The largest absolute Gasteiger partial charge is 0.0912 e. The van der Waals surface area contributed by atoms with E-state index in [-0.39, 0.29) is 0 Å². The highest BCUT2D eigenvalue weighted by Gasteiger charge is 2.08. The molecule has 148 valence electrons. The predicted octanol–water partition coefficient (Wildman–Crippen LogP) is 4.76. The van der Waals surface area contributed by atoms with Crippen LogP contribution in [0.25, 0.3) is 36.4 Å². The highest BCUT2D eigenvalue weighted by molar-refractivity contribution is 5.75. The van der Waals surface area contributed by atoms with Gasteiger partial charge in [-0.25, -0.2) is 0 Å². The van der Waals surface area contributed by atoms with E-state index in [2.05, 4.69) is 106 Å². The third-order valence-electron chi connectivity index (χ3n) is 5.97. The second kappa shape index (κ2) is 8.55. The molecule has 0 saturated carbocycles. The Morgan fingerprint density at radius 3 is 2.20 bits per heavy atom. The molecule has 0 fully saturated rings. The first-order valence-electron chi connectivity index (χ1n) is 10.6. The van der Waals surface area contributed by atoms with Gasteiger partial charge >= 0.3 is 0 Å². The maximum atomic E-state index is 4.33.